The topological polar surface area (TPSA) is 59.3 Å². The first-order valence-electron chi connectivity index (χ1n) is 9.30. The molecule has 0 amide bonds. The fourth-order valence-electron chi connectivity index (χ4n) is 3.27. The van der Waals surface area contributed by atoms with Crippen LogP contribution < -0.4 is 9.47 Å². The van der Waals surface area contributed by atoms with Crippen LogP contribution in [0, 0.1) is 34.8 Å². The SMILES string of the molecule is CC1CCC(COc2ccc(C(=O)Oc3ccc(C#N)c(F)c3)c(F)c2)CC1. The number of halogens is 2. The first kappa shape index (κ1) is 19.8. The summed E-state index contributed by atoms with van der Waals surface area (Å²) in [6.07, 6.45) is 4.58. The first-order chi connectivity index (χ1) is 13.5. The molecule has 4 nitrogen and oxygen atoms in total. The van der Waals surface area contributed by atoms with E-state index in [9.17, 15) is 13.6 Å². The van der Waals surface area contributed by atoms with Gasteiger partial charge in [-0.3, -0.25) is 0 Å². The lowest BCUT2D eigenvalue weighted by Crippen LogP contribution is -2.19. The molecule has 0 aliphatic heterocycles. The van der Waals surface area contributed by atoms with Gasteiger partial charge in [-0.1, -0.05) is 19.8 Å². The number of carbonyl (C=O) groups excluding carboxylic acids is 1. The van der Waals surface area contributed by atoms with Crippen molar-refractivity contribution in [3.05, 3.63) is 59.2 Å². The van der Waals surface area contributed by atoms with Gasteiger partial charge in [0.1, 0.15) is 29.2 Å². The van der Waals surface area contributed by atoms with Crippen molar-refractivity contribution in [3.63, 3.8) is 0 Å². The summed E-state index contributed by atoms with van der Waals surface area (Å²) in [5.41, 5.74) is -0.441. The average molecular weight is 385 g/mol. The van der Waals surface area contributed by atoms with Gasteiger partial charge in [0.05, 0.1) is 17.7 Å². The van der Waals surface area contributed by atoms with E-state index in [-0.39, 0.29) is 16.9 Å². The maximum atomic E-state index is 14.3. The maximum absolute atomic E-state index is 14.3. The molecule has 1 saturated carbocycles. The van der Waals surface area contributed by atoms with E-state index in [1.54, 1.807) is 6.07 Å². The molecule has 0 radical (unpaired) electrons. The van der Waals surface area contributed by atoms with Crippen LogP contribution in [0.2, 0.25) is 0 Å². The second-order valence-electron chi connectivity index (χ2n) is 7.22. The molecule has 1 aliphatic rings. The first-order valence-corrected chi connectivity index (χ1v) is 9.30. The predicted octanol–water partition coefficient (Wildman–Crippen LogP) is 5.26. The number of ether oxygens (including phenoxy) is 2. The highest BCUT2D eigenvalue weighted by molar-refractivity contribution is 5.91. The fraction of sp³-hybridized carbons (Fsp3) is 0.364. The van der Waals surface area contributed by atoms with E-state index < -0.39 is 17.6 Å². The molecule has 0 unspecified atom stereocenters. The third-order valence-corrected chi connectivity index (χ3v) is 5.05. The summed E-state index contributed by atoms with van der Waals surface area (Å²) in [6, 6.07) is 9.01. The van der Waals surface area contributed by atoms with Crippen molar-refractivity contribution in [2.75, 3.05) is 6.61 Å². The van der Waals surface area contributed by atoms with E-state index in [2.05, 4.69) is 6.92 Å². The molecular weight excluding hydrogens is 364 g/mol. The van der Waals surface area contributed by atoms with E-state index in [0.717, 1.165) is 30.9 Å². The standard InChI is InChI=1S/C22H21F2NO3/c1-14-2-4-15(5-3-14)13-27-17-8-9-19(21(24)10-17)22(26)28-18-7-6-16(12-25)20(23)11-18/h6-11,14-15H,2-5,13H2,1H3. The number of hydrogen-bond acceptors (Lipinski definition) is 4. The van der Waals surface area contributed by atoms with Gasteiger partial charge in [-0.2, -0.15) is 5.26 Å². The third kappa shape index (κ3) is 4.86. The molecule has 2 aromatic carbocycles. The summed E-state index contributed by atoms with van der Waals surface area (Å²) in [4.78, 5) is 12.2. The van der Waals surface area contributed by atoms with Crippen LogP contribution >= 0.6 is 0 Å². The van der Waals surface area contributed by atoms with Crippen LogP contribution in [0.5, 0.6) is 11.5 Å². The Morgan fingerprint density at radius 1 is 1.07 bits per heavy atom. The summed E-state index contributed by atoms with van der Waals surface area (Å²) >= 11 is 0. The second-order valence-corrected chi connectivity index (χ2v) is 7.22. The van der Waals surface area contributed by atoms with E-state index in [4.69, 9.17) is 14.7 Å². The minimum Gasteiger partial charge on any atom is -0.493 e. The number of benzene rings is 2. The summed E-state index contributed by atoms with van der Waals surface area (Å²) in [7, 11) is 0. The molecule has 0 bridgehead atoms. The zero-order valence-electron chi connectivity index (χ0n) is 15.6. The van der Waals surface area contributed by atoms with Gasteiger partial charge in [-0.25, -0.2) is 13.6 Å². The highest BCUT2D eigenvalue weighted by atomic mass is 19.1. The highest BCUT2D eigenvalue weighted by Crippen LogP contribution is 2.29. The number of carbonyl (C=O) groups is 1. The van der Waals surface area contributed by atoms with Crippen molar-refractivity contribution in [3.8, 4) is 17.6 Å². The van der Waals surface area contributed by atoms with Gasteiger partial charge in [-0.05, 0) is 48.9 Å². The molecule has 146 valence electrons. The molecule has 0 atom stereocenters. The Hall–Kier alpha value is -2.94. The van der Waals surface area contributed by atoms with Gasteiger partial charge in [0, 0.05) is 12.1 Å². The Balaban J connectivity index is 1.61. The molecule has 0 aromatic heterocycles. The van der Waals surface area contributed by atoms with Crippen LogP contribution in [0.4, 0.5) is 8.78 Å². The lowest BCUT2D eigenvalue weighted by Gasteiger charge is -2.26. The number of nitriles is 1. The zero-order valence-corrected chi connectivity index (χ0v) is 15.6. The Morgan fingerprint density at radius 3 is 2.39 bits per heavy atom. The third-order valence-electron chi connectivity index (χ3n) is 5.05. The summed E-state index contributed by atoms with van der Waals surface area (Å²) < 4.78 is 38.6. The minimum absolute atomic E-state index is 0.104. The monoisotopic (exact) mass is 385 g/mol. The second kappa shape index (κ2) is 8.83. The zero-order chi connectivity index (χ0) is 20.1. The summed E-state index contributed by atoms with van der Waals surface area (Å²) in [5.74, 6) is -1.05. The smallest absolute Gasteiger partial charge is 0.346 e. The number of rotatable bonds is 5. The van der Waals surface area contributed by atoms with Gasteiger partial charge in [-0.15, -0.1) is 0 Å². The molecule has 1 aliphatic carbocycles. The predicted molar refractivity (Wildman–Crippen MR) is 99.1 cm³/mol. The van der Waals surface area contributed by atoms with Gasteiger partial charge >= 0.3 is 5.97 Å². The quantitative estimate of drug-likeness (QED) is 0.520. The number of hydrogen-bond donors (Lipinski definition) is 0. The molecule has 0 spiro atoms. The molecule has 0 saturated heterocycles. The molecule has 6 heteroatoms. The Bertz CT molecular complexity index is 899. The fourth-order valence-corrected chi connectivity index (χ4v) is 3.27. The van der Waals surface area contributed by atoms with E-state index in [1.807, 2.05) is 0 Å². The lowest BCUT2D eigenvalue weighted by molar-refractivity contribution is 0.0729. The molecule has 2 aromatic rings. The normalized spacial score (nSPS) is 18.9. The maximum Gasteiger partial charge on any atom is 0.346 e. The van der Waals surface area contributed by atoms with Crippen LogP contribution in [0.15, 0.2) is 36.4 Å². The van der Waals surface area contributed by atoms with Crippen molar-refractivity contribution < 1.29 is 23.0 Å². The summed E-state index contributed by atoms with van der Waals surface area (Å²) in [5, 5.41) is 8.71. The number of nitrogens with zero attached hydrogens (tertiary/aromatic N) is 1. The van der Waals surface area contributed by atoms with Gasteiger partial charge in [0.25, 0.3) is 0 Å². The Labute approximate surface area is 162 Å². The van der Waals surface area contributed by atoms with E-state index >= 15 is 0 Å². The van der Waals surface area contributed by atoms with E-state index in [1.165, 1.54) is 37.1 Å². The van der Waals surface area contributed by atoms with E-state index in [0.29, 0.717) is 18.3 Å². The van der Waals surface area contributed by atoms with Crippen LogP contribution in [0.3, 0.4) is 0 Å². The van der Waals surface area contributed by atoms with Gasteiger partial charge < -0.3 is 9.47 Å². The molecule has 3 rings (SSSR count). The lowest BCUT2D eigenvalue weighted by atomic mass is 9.83. The van der Waals surface area contributed by atoms with Gasteiger partial charge in [0.15, 0.2) is 0 Å². The van der Waals surface area contributed by atoms with Gasteiger partial charge in [0.2, 0.25) is 0 Å². The molecule has 0 heterocycles. The van der Waals surface area contributed by atoms with Crippen molar-refractivity contribution >= 4 is 5.97 Å². The van der Waals surface area contributed by atoms with Crippen molar-refractivity contribution in [2.24, 2.45) is 11.8 Å². The molecular formula is C22H21F2NO3. The Kier molecular flexibility index (Phi) is 6.25. The Morgan fingerprint density at radius 2 is 1.75 bits per heavy atom. The molecule has 1 fully saturated rings. The highest BCUT2D eigenvalue weighted by Gasteiger charge is 2.20. The minimum atomic E-state index is -0.950. The van der Waals surface area contributed by atoms with Crippen molar-refractivity contribution in [1.29, 1.82) is 5.26 Å². The van der Waals surface area contributed by atoms with Crippen LogP contribution in [0.1, 0.15) is 48.5 Å². The van der Waals surface area contributed by atoms with Crippen LogP contribution in [-0.2, 0) is 0 Å². The molecule has 28 heavy (non-hydrogen) atoms. The van der Waals surface area contributed by atoms with Crippen molar-refractivity contribution in [2.45, 2.75) is 32.6 Å². The summed E-state index contributed by atoms with van der Waals surface area (Å²) in [6.45, 7) is 2.77. The van der Waals surface area contributed by atoms with Crippen LogP contribution in [-0.4, -0.2) is 12.6 Å². The molecule has 0 N–H and O–H groups in total. The van der Waals surface area contributed by atoms with Crippen LogP contribution in [0.25, 0.3) is 0 Å². The average Bonchev–Trinajstić information content (AvgIpc) is 2.67. The van der Waals surface area contributed by atoms with Crippen molar-refractivity contribution in [1.82, 2.24) is 0 Å². The number of esters is 1. The largest absolute Gasteiger partial charge is 0.493 e.